The Labute approximate surface area is 182 Å². The molecule has 0 atom stereocenters. The summed E-state index contributed by atoms with van der Waals surface area (Å²) in [6.07, 6.45) is 21.7. The summed E-state index contributed by atoms with van der Waals surface area (Å²) in [5.41, 5.74) is 0. The van der Waals surface area contributed by atoms with Gasteiger partial charge in [0.2, 0.25) is 0 Å². The molecule has 0 unspecified atom stereocenters. The Morgan fingerprint density at radius 1 is 0.414 bits per heavy atom. The maximum Gasteiger partial charge on any atom is 0.474 e. The highest BCUT2D eigenvalue weighted by atomic mass is 31.2. The van der Waals surface area contributed by atoms with Crippen LogP contribution >= 0.6 is 7.82 Å². The molecule has 0 saturated heterocycles. The van der Waals surface area contributed by atoms with Gasteiger partial charge in [0.1, 0.15) is 0 Å². The van der Waals surface area contributed by atoms with Crippen molar-refractivity contribution in [1.82, 2.24) is 0 Å². The van der Waals surface area contributed by atoms with Crippen molar-refractivity contribution >= 4 is 7.82 Å². The third-order valence-electron chi connectivity index (χ3n) is 5.24. The fourth-order valence-corrected chi connectivity index (χ4v) is 4.54. The van der Waals surface area contributed by atoms with E-state index in [2.05, 4.69) is 20.8 Å². The van der Waals surface area contributed by atoms with Crippen molar-refractivity contribution in [2.45, 2.75) is 136 Å². The molecular formula is C24H51O4P. The molecule has 0 amide bonds. The van der Waals surface area contributed by atoms with E-state index < -0.39 is 7.82 Å². The fraction of sp³-hybridized carbons (Fsp3) is 1.00. The number of rotatable bonds is 24. The normalized spacial score (nSPS) is 12.0. The predicted octanol–water partition coefficient (Wildman–Crippen LogP) is 9.23. The molecule has 0 radical (unpaired) electrons. The lowest BCUT2D eigenvalue weighted by atomic mass is 10.1. The van der Waals surface area contributed by atoms with Crippen molar-refractivity contribution < 1.29 is 18.1 Å². The first-order valence-electron chi connectivity index (χ1n) is 12.7. The Balaban J connectivity index is 3.86. The van der Waals surface area contributed by atoms with E-state index in [1.165, 1.54) is 77.0 Å². The Kier molecular flexibility index (Phi) is 22.9. The van der Waals surface area contributed by atoms with Crippen molar-refractivity contribution in [3.05, 3.63) is 0 Å². The largest absolute Gasteiger partial charge is 0.474 e. The molecule has 29 heavy (non-hydrogen) atoms. The van der Waals surface area contributed by atoms with Crippen molar-refractivity contribution in [2.75, 3.05) is 19.8 Å². The third-order valence-corrected chi connectivity index (χ3v) is 6.74. The summed E-state index contributed by atoms with van der Waals surface area (Å²) < 4.78 is 29.6. The first-order valence-corrected chi connectivity index (χ1v) is 14.2. The average molecular weight is 435 g/mol. The zero-order chi connectivity index (χ0) is 21.5. The quantitative estimate of drug-likeness (QED) is 0.112. The van der Waals surface area contributed by atoms with Crippen LogP contribution in [0.5, 0.6) is 0 Å². The van der Waals surface area contributed by atoms with Crippen molar-refractivity contribution in [2.24, 2.45) is 0 Å². The molecule has 0 bridgehead atoms. The molecule has 176 valence electrons. The molecule has 0 aromatic rings. The number of phosphoric ester groups is 1. The minimum absolute atomic E-state index is 0.447. The van der Waals surface area contributed by atoms with Gasteiger partial charge in [0, 0.05) is 0 Å². The smallest absolute Gasteiger partial charge is 0.287 e. The molecule has 0 saturated carbocycles. The van der Waals surface area contributed by atoms with Gasteiger partial charge in [0.05, 0.1) is 19.8 Å². The standard InChI is InChI=1S/C24H51O4P/c1-4-7-10-12-14-16-18-20-23-27-29(25,26-22-9-6-3)28-24-21-19-17-15-13-11-8-5-2/h4-24H2,1-3H3. The van der Waals surface area contributed by atoms with Gasteiger partial charge >= 0.3 is 7.82 Å². The number of unbranched alkanes of at least 4 members (excludes halogenated alkanes) is 15. The Bertz CT molecular complexity index is 337. The minimum atomic E-state index is -3.39. The Morgan fingerprint density at radius 3 is 1.03 bits per heavy atom. The van der Waals surface area contributed by atoms with Crippen LogP contribution in [0.4, 0.5) is 0 Å². The van der Waals surface area contributed by atoms with Crippen LogP contribution in [-0.2, 0) is 18.1 Å². The molecule has 0 heterocycles. The second kappa shape index (κ2) is 22.8. The average Bonchev–Trinajstić information content (AvgIpc) is 2.72. The van der Waals surface area contributed by atoms with E-state index in [0.29, 0.717) is 19.8 Å². The monoisotopic (exact) mass is 434 g/mol. The van der Waals surface area contributed by atoms with Gasteiger partial charge in [-0.05, 0) is 19.3 Å². The Morgan fingerprint density at radius 2 is 0.690 bits per heavy atom. The van der Waals surface area contributed by atoms with E-state index in [1.807, 2.05) is 0 Å². The second-order valence-corrected chi connectivity index (χ2v) is 9.92. The maximum absolute atomic E-state index is 12.8. The molecule has 5 heteroatoms. The maximum atomic E-state index is 12.8. The second-order valence-electron chi connectivity index (χ2n) is 8.25. The van der Waals surface area contributed by atoms with E-state index in [4.69, 9.17) is 13.6 Å². The molecule has 0 aliphatic heterocycles. The summed E-state index contributed by atoms with van der Waals surface area (Å²) in [6, 6.07) is 0. The predicted molar refractivity (Wildman–Crippen MR) is 126 cm³/mol. The summed E-state index contributed by atoms with van der Waals surface area (Å²) in [5, 5.41) is 0. The minimum Gasteiger partial charge on any atom is -0.287 e. The lowest BCUT2D eigenvalue weighted by molar-refractivity contribution is 0.109. The van der Waals surface area contributed by atoms with Crippen LogP contribution in [0.25, 0.3) is 0 Å². The molecule has 0 fully saturated rings. The van der Waals surface area contributed by atoms with Gasteiger partial charge in [-0.3, -0.25) is 13.6 Å². The van der Waals surface area contributed by atoms with Crippen LogP contribution in [-0.4, -0.2) is 19.8 Å². The molecule has 0 rings (SSSR count). The Hall–Kier alpha value is 0.110. The van der Waals surface area contributed by atoms with E-state index in [1.54, 1.807) is 0 Å². The first-order chi connectivity index (χ1) is 14.2. The summed E-state index contributed by atoms with van der Waals surface area (Å²) in [4.78, 5) is 0. The van der Waals surface area contributed by atoms with Gasteiger partial charge in [-0.2, -0.15) is 0 Å². The van der Waals surface area contributed by atoms with Crippen LogP contribution < -0.4 is 0 Å². The van der Waals surface area contributed by atoms with Crippen molar-refractivity contribution in [1.29, 1.82) is 0 Å². The van der Waals surface area contributed by atoms with Gasteiger partial charge in [-0.15, -0.1) is 0 Å². The van der Waals surface area contributed by atoms with Gasteiger partial charge in [-0.1, -0.05) is 117 Å². The summed E-state index contributed by atoms with van der Waals surface area (Å²) in [6.45, 7) is 7.97. The van der Waals surface area contributed by atoms with Gasteiger partial charge < -0.3 is 0 Å². The van der Waals surface area contributed by atoms with Crippen LogP contribution in [0.15, 0.2) is 0 Å². The SMILES string of the molecule is CCCCCCCCCCOP(=O)(OCCCC)OCCCCCCCCCC. The van der Waals surface area contributed by atoms with Gasteiger partial charge in [-0.25, -0.2) is 4.57 Å². The van der Waals surface area contributed by atoms with Crippen LogP contribution in [0.3, 0.4) is 0 Å². The summed E-state index contributed by atoms with van der Waals surface area (Å²) in [7, 11) is -3.39. The molecule has 0 aromatic heterocycles. The van der Waals surface area contributed by atoms with Crippen LogP contribution in [0.1, 0.15) is 136 Å². The molecule has 4 nitrogen and oxygen atoms in total. The highest BCUT2D eigenvalue weighted by Crippen LogP contribution is 2.49. The highest BCUT2D eigenvalue weighted by molar-refractivity contribution is 7.48. The first kappa shape index (κ1) is 29.1. The zero-order valence-corrected chi connectivity index (χ0v) is 20.8. The topological polar surface area (TPSA) is 44.8 Å². The summed E-state index contributed by atoms with van der Waals surface area (Å²) in [5.74, 6) is 0. The van der Waals surface area contributed by atoms with Gasteiger partial charge in [0.15, 0.2) is 0 Å². The fourth-order valence-electron chi connectivity index (χ4n) is 3.26. The lowest BCUT2D eigenvalue weighted by Crippen LogP contribution is -2.04. The number of hydrogen-bond donors (Lipinski definition) is 0. The lowest BCUT2D eigenvalue weighted by Gasteiger charge is -2.18. The highest BCUT2D eigenvalue weighted by Gasteiger charge is 2.25. The molecule has 0 aromatic carbocycles. The third kappa shape index (κ3) is 21.1. The van der Waals surface area contributed by atoms with Crippen molar-refractivity contribution in [3.63, 3.8) is 0 Å². The molecule has 0 aliphatic carbocycles. The van der Waals surface area contributed by atoms with E-state index in [-0.39, 0.29) is 0 Å². The van der Waals surface area contributed by atoms with Crippen LogP contribution in [0, 0.1) is 0 Å². The summed E-state index contributed by atoms with van der Waals surface area (Å²) >= 11 is 0. The van der Waals surface area contributed by atoms with E-state index >= 15 is 0 Å². The molecule has 0 aliphatic rings. The molecule has 0 N–H and O–H groups in total. The molecule has 0 spiro atoms. The van der Waals surface area contributed by atoms with E-state index in [9.17, 15) is 4.57 Å². The number of phosphoric acid groups is 1. The van der Waals surface area contributed by atoms with Crippen LogP contribution in [0.2, 0.25) is 0 Å². The zero-order valence-electron chi connectivity index (χ0n) is 19.9. The van der Waals surface area contributed by atoms with Gasteiger partial charge in [0.25, 0.3) is 0 Å². The number of hydrogen-bond acceptors (Lipinski definition) is 4. The molecular weight excluding hydrogens is 383 g/mol. The van der Waals surface area contributed by atoms with Crippen molar-refractivity contribution in [3.8, 4) is 0 Å². The van der Waals surface area contributed by atoms with E-state index in [0.717, 1.165) is 38.5 Å².